The fraction of sp³-hybridized carbons (Fsp3) is 0.562. The Balaban J connectivity index is 2.08. The molecule has 1 aromatic carbocycles. The second kappa shape index (κ2) is 5.44. The molecule has 1 aliphatic heterocycles. The molecule has 1 heterocycles. The van der Waals surface area contributed by atoms with Crippen molar-refractivity contribution in [2.24, 2.45) is 5.73 Å². The molecular weight excluding hydrogens is 248 g/mol. The van der Waals surface area contributed by atoms with Gasteiger partial charge in [0.15, 0.2) is 0 Å². The number of nitrogen functional groups attached to an aromatic ring is 1. The molecule has 0 saturated carbocycles. The minimum atomic E-state index is 0.145. The van der Waals surface area contributed by atoms with Gasteiger partial charge in [-0.25, -0.2) is 0 Å². The van der Waals surface area contributed by atoms with E-state index in [0.717, 1.165) is 37.3 Å². The van der Waals surface area contributed by atoms with Crippen molar-refractivity contribution in [1.82, 2.24) is 4.90 Å². The topological polar surface area (TPSA) is 56.4 Å². The minimum Gasteiger partial charge on any atom is -0.384 e. The van der Waals surface area contributed by atoms with Crippen molar-refractivity contribution >= 4 is 11.5 Å². The third-order valence-corrected chi connectivity index (χ3v) is 4.09. The standard InChI is InChI=1S/C16H26N4/c1-12-11-13(5-6-14(12)15(17)18)19-7-9-20(10-8-19)16(2,3)4/h5-6,11H,7-10H2,1-4H3,(H3,17,18). The molecule has 110 valence electrons. The first-order valence-corrected chi connectivity index (χ1v) is 7.24. The Morgan fingerprint density at radius 1 is 1.15 bits per heavy atom. The van der Waals surface area contributed by atoms with Crippen LogP contribution in [0.15, 0.2) is 18.2 Å². The highest BCUT2D eigenvalue weighted by Gasteiger charge is 2.25. The third kappa shape index (κ3) is 3.12. The van der Waals surface area contributed by atoms with E-state index in [1.807, 2.05) is 13.0 Å². The van der Waals surface area contributed by atoms with Gasteiger partial charge in [0.05, 0.1) is 0 Å². The number of hydrogen-bond acceptors (Lipinski definition) is 3. The maximum atomic E-state index is 7.54. The predicted molar refractivity (Wildman–Crippen MR) is 85.7 cm³/mol. The summed E-state index contributed by atoms with van der Waals surface area (Å²) in [6.45, 7) is 13.1. The Hall–Kier alpha value is -1.55. The van der Waals surface area contributed by atoms with Gasteiger partial charge >= 0.3 is 0 Å². The molecule has 0 amide bonds. The molecule has 0 unspecified atom stereocenters. The summed E-state index contributed by atoms with van der Waals surface area (Å²) in [5.74, 6) is 0.145. The molecular formula is C16H26N4. The van der Waals surface area contributed by atoms with Gasteiger partial charge in [-0.05, 0) is 51.5 Å². The molecule has 3 N–H and O–H groups in total. The van der Waals surface area contributed by atoms with Gasteiger partial charge in [0.2, 0.25) is 0 Å². The number of nitrogens with two attached hydrogens (primary N) is 1. The summed E-state index contributed by atoms with van der Waals surface area (Å²) in [6, 6.07) is 6.18. The zero-order chi connectivity index (χ0) is 14.9. The number of hydrogen-bond donors (Lipinski definition) is 2. The van der Waals surface area contributed by atoms with Crippen LogP contribution in [-0.4, -0.2) is 42.5 Å². The van der Waals surface area contributed by atoms with Crippen molar-refractivity contribution in [3.63, 3.8) is 0 Å². The molecule has 0 aromatic heterocycles. The second-order valence-corrected chi connectivity index (χ2v) is 6.56. The summed E-state index contributed by atoms with van der Waals surface area (Å²) >= 11 is 0. The summed E-state index contributed by atoms with van der Waals surface area (Å²) < 4.78 is 0. The van der Waals surface area contributed by atoms with E-state index in [-0.39, 0.29) is 11.4 Å². The van der Waals surface area contributed by atoms with E-state index in [9.17, 15) is 0 Å². The number of anilines is 1. The van der Waals surface area contributed by atoms with Gasteiger partial charge < -0.3 is 10.6 Å². The number of aryl methyl sites for hydroxylation is 1. The van der Waals surface area contributed by atoms with Gasteiger partial charge in [-0.1, -0.05) is 0 Å². The van der Waals surface area contributed by atoms with Crippen molar-refractivity contribution in [2.75, 3.05) is 31.1 Å². The normalized spacial score (nSPS) is 17.3. The van der Waals surface area contributed by atoms with Gasteiger partial charge in [0, 0.05) is 43.0 Å². The van der Waals surface area contributed by atoms with Crippen LogP contribution in [0.3, 0.4) is 0 Å². The number of piperazine rings is 1. The van der Waals surface area contributed by atoms with E-state index in [2.05, 4.69) is 42.7 Å². The highest BCUT2D eigenvalue weighted by Crippen LogP contribution is 2.23. The first-order chi connectivity index (χ1) is 9.29. The van der Waals surface area contributed by atoms with E-state index in [0.29, 0.717) is 0 Å². The predicted octanol–water partition coefficient (Wildman–Crippen LogP) is 2.20. The molecule has 1 aromatic rings. The van der Waals surface area contributed by atoms with Crippen molar-refractivity contribution in [2.45, 2.75) is 33.2 Å². The van der Waals surface area contributed by atoms with Gasteiger partial charge in [0.25, 0.3) is 0 Å². The Morgan fingerprint density at radius 2 is 1.75 bits per heavy atom. The summed E-state index contributed by atoms with van der Waals surface area (Å²) in [7, 11) is 0. The lowest BCUT2D eigenvalue weighted by Crippen LogP contribution is -2.53. The van der Waals surface area contributed by atoms with Crippen LogP contribution in [-0.2, 0) is 0 Å². The Morgan fingerprint density at radius 3 is 2.20 bits per heavy atom. The number of amidine groups is 1. The van der Waals surface area contributed by atoms with Crippen LogP contribution in [0.25, 0.3) is 0 Å². The number of rotatable bonds is 2. The first-order valence-electron chi connectivity index (χ1n) is 7.24. The SMILES string of the molecule is Cc1cc(N2CCN(C(C)(C)C)CC2)ccc1C(=N)N. The highest BCUT2D eigenvalue weighted by molar-refractivity contribution is 5.96. The molecule has 2 rings (SSSR count). The van der Waals surface area contributed by atoms with Crippen molar-refractivity contribution < 1.29 is 0 Å². The van der Waals surface area contributed by atoms with Crippen LogP contribution in [0.2, 0.25) is 0 Å². The van der Waals surface area contributed by atoms with E-state index in [4.69, 9.17) is 11.1 Å². The van der Waals surface area contributed by atoms with E-state index in [1.165, 1.54) is 5.69 Å². The summed E-state index contributed by atoms with van der Waals surface area (Å²) in [5, 5.41) is 7.54. The maximum absolute atomic E-state index is 7.54. The fourth-order valence-corrected chi connectivity index (χ4v) is 2.78. The van der Waals surface area contributed by atoms with Gasteiger partial charge in [-0.3, -0.25) is 10.3 Å². The van der Waals surface area contributed by atoms with E-state index < -0.39 is 0 Å². The van der Waals surface area contributed by atoms with Crippen molar-refractivity contribution in [1.29, 1.82) is 5.41 Å². The highest BCUT2D eigenvalue weighted by atomic mass is 15.3. The molecule has 4 nitrogen and oxygen atoms in total. The average molecular weight is 274 g/mol. The monoisotopic (exact) mass is 274 g/mol. The second-order valence-electron chi connectivity index (χ2n) is 6.56. The molecule has 1 fully saturated rings. The Bertz CT molecular complexity index is 494. The number of nitrogens with zero attached hydrogens (tertiary/aromatic N) is 2. The zero-order valence-corrected chi connectivity index (χ0v) is 13.0. The number of nitrogens with one attached hydrogen (secondary N) is 1. The first kappa shape index (κ1) is 14.9. The number of benzene rings is 1. The van der Waals surface area contributed by atoms with Crippen molar-refractivity contribution in [3.8, 4) is 0 Å². The lowest BCUT2D eigenvalue weighted by molar-refractivity contribution is 0.128. The summed E-state index contributed by atoms with van der Waals surface area (Å²) in [5.41, 5.74) is 8.97. The lowest BCUT2D eigenvalue weighted by Gasteiger charge is -2.43. The van der Waals surface area contributed by atoms with Crippen LogP contribution in [0.1, 0.15) is 31.9 Å². The largest absolute Gasteiger partial charge is 0.384 e. The van der Waals surface area contributed by atoms with Crippen LogP contribution in [0.4, 0.5) is 5.69 Å². The molecule has 0 spiro atoms. The minimum absolute atomic E-state index is 0.145. The molecule has 4 heteroatoms. The average Bonchev–Trinajstić information content (AvgIpc) is 2.37. The van der Waals surface area contributed by atoms with Crippen LogP contribution in [0.5, 0.6) is 0 Å². The van der Waals surface area contributed by atoms with Gasteiger partial charge in [-0.2, -0.15) is 0 Å². The molecule has 20 heavy (non-hydrogen) atoms. The van der Waals surface area contributed by atoms with Gasteiger partial charge in [-0.15, -0.1) is 0 Å². The molecule has 0 radical (unpaired) electrons. The summed E-state index contributed by atoms with van der Waals surface area (Å²) in [6.07, 6.45) is 0. The summed E-state index contributed by atoms with van der Waals surface area (Å²) in [4.78, 5) is 4.94. The molecule has 0 bridgehead atoms. The zero-order valence-electron chi connectivity index (χ0n) is 13.0. The van der Waals surface area contributed by atoms with Crippen LogP contribution >= 0.6 is 0 Å². The quantitative estimate of drug-likeness (QED) is 0.642. The van der Waals surface area contributed by atoms with E-state index in [1.54, 1.807) is 0 Å². The van der Waals surface area contributed by atoms with Crippen molar-refractivity contribution in [3.05, 3.63) is 29.3 Å². The smallest absolute Gasteiger partial charge is 0.123 e. The Kier molecular flexibility index (Phi) is 4.04. The van der Waals surface area contributed by atoms with Gasteiger partial charge in [0.1, 0.15) is 5.84 Å². The van der Waals surface area contributed by atoms with E-state index >= 15 is 0 Å². The van der Waals surface area contributed by atoms with Crippen LogP contribution < -0.4 is 10.6 Å². The molecule has 0 atom stereocenters. The molecule has 1 saturated heterocycles. The Labute approximate surface area is 122 Å². The molecule has 1 aliphatic rings. The lowest BCUT2D eigenvalue weighted by atomic mass is 10.0. The maximum Gasteiger partial charge on any atom is 0.123 e. The van der Waals surface area contributed by atoms with Crippen LogP contribution in [0, 0.1) is 12.3 Å². The third-order valence-electron chi connectivity index (χ3n) is 4.09. The fourth-order valence-electron chi connectivity index (χ4n) is 2.78. The molecule has 0 aliphatic carbocycles.